The molecule has 0 aliphatic heterocycles. The lowest BCUT2D eigenvalue weighted by Gasteiger charge is -2.26. The lowest BCUT2D eigenvalue weighted by molar-refractivity contribution is -0.122. The van der Waals surface area contributed by atoms with Gasteiger partial charge >= 0.3 is 12.2 Å². The fourth-order valence-electron chi connectivity index (χ4n) is 2.12. The van der Waals surface area contributed by atoms with Crippen LogP contribution in [0.2, 0.25) is 0 Å². The Balaban J connectivity index is 1.95. The van der Waals surface area contributed by atoms with E-state index < -0.39 is 18.2 Å². The molecule has 7 nitrogen and oxygen atoms in total. The second kappa shape index (κ2) is 9.96. The molecule has 2 rings (SSSR count). The highest BCUT2D eigenvalue weighted by molar-refractivity contribution is 5.86. The van der Waals surface area contributed by atoms with E-state index in [1.165, 1.54) is 13.8 Å². The number of ketones is 1. The summed E-state index contributed by atoms with van der Waals surface area (Å²) in [6.45, 7) is 2.86. The third-order valence-electron chi connectivity index (χ3n) is 3.80. The number of nitrogens with one attached hydrogen (secondary N) is 1. The SMILES string of the molecule is CC(=O)C(C)N(NC(=O)OCc1ccccc1)C(=O)OCc1ccccc1. The second-order valence-electron chi connectivity index (χ2n) is 5.87. The fourth-order valence-corrected chi connectivity index (χ4v) is 2.12. The summed E-state index contributed by atoms with van der Waals surface area (Å²) in [6.07, 6.45) is -1.71. The highest BCUT2D eigenvalue weighted by Crippen LogP contribution is 2.07. The first-order valence-electron chi connectivity index (χ1n) is 8.45. The van der Waals surface area contributed by atoms with Gasteiger partial charge in [-0.05, 0) is 25.0 Å². The summed E-state index contributed by atoms with van der Waals surface area (Å²) in [4.78, 5) is 36.1. The minimum Gasteiger partial charge on any atom is -0.443 e. The molecule has 2 aromatic rings. The maximum atomic E-state index is 12.4. The maximum Gasteiger partial charge on any atom is 0.429 e. The highest BCUT2D eigenvalue weighted by Gasteiger charge is 2.27. The van der Waals surface area contributed by atoms with Crippen molar-refractivity contribution in [3.63, 3.8) is 0 Å². The lowest BCUT2D eigenvalue weighted by Crippen LogP contribution is -2.53. The number of rotatable bonds is 6. The Labute approximate surface area is 157 Å². The lowest BCUT2D eigenvalue weighted by atomic mass is 10.2. The van der Waals surface area contributed by atoms with Gasteiger partial charge in [-0.25, -0.2) is 20.0 Å². The molecule has 0 spiro atoms. The normalized spacial score (nSPS) is 11.2. The van der Waals surface area contributed by atoms with Gasteiger partial charge in [-0.3, -0.25) is 4.79 Å². The number of hydrogen-bond acceptors (Lipinski definition) is 5. The van der Waals surface area contributed by atoms with Crippen LogP contribution in [0.1, 0.15) is 25.0 Å². The van der Waals surface area contributed by atoms with Crippen LogP contribution in [0.4, 0.5) is 9.59 Å². The third kappa shape index (κ3) is 6.47. The topological polar surface area (TPSA) is 84.9 Å². The minimum atomic E-state index is -0.905. The Morgan fingerprint density at radius 2 is 1.37 bits per heavy atom. The van der Waals surface area contributed by atoms with Gasteiger partial charge in [-0.2, -0.15) is 0 Å². The Hall–Kier alpha value is -3.35. The molecule has 0 heterocycles. The van der Waals surface area contributed by atoms with Crippen molar-refractivity contribution >= 4 is 18.0 Å². The molecular formula is C20H22N2O5. The maximum absolute atomic E-state index is 12.4. The molecule has 1 N–H and O–H groups in total. The summed E-state index contributed by atoms with van der Waals surface area (Å²) in [7, 11) is 0. The monoisotopic (exact) mass is 370 g/mol. The van der Waals surface area contributed by atoms with Crippen LogP contribution in [-0.4, -0.2) is 29.0 Å². The van der Waals surface area contributed by atoms with E-state index >= 15 is 0 Å². The van der Waals surface area contributed by atoms with E-state index in [2.05, 4.69) is 5.43 Å². The van der Waals surface area contributed by atoms with Crippen molar-refractivity contribution in [1.29, 1.82) is 0 Å². The molecule has 0 saturated carbocycles. The molecule has 1 unspecified atom stereocenters. The summed E-state index contributed by atoms with van der Waals surface area (Å²) in [6, 6.07) is 17.3. The van der Waals surface area contributed by atoms with Gasteiger partial charge in [0.15, 0.2) is 5.78 Å². The summed E-state index contributed by atoms with van der Waals surface area (Å²) in [5.41, 5.74) is 3.86. The molecule has 0 aromatic heterocycles. The predicted molar refractivity (Wildman–Crippen MR) is 98.4 cm³/mol. The van der Waals surface area contributed by atoms with Crippen molar-refractivity contribution in [1.82, 2.24) is 10.4 Å². The Bertz CT molecular complexity index is 764. The number of hydrogen-bond donors (Lipinski definition) is 1. The average Bonchev–Trinajstić information content (AvgIpc) is 2.69. The van der Waals surface area contributed by atoms with Gasteiger partial charge in [-0.15, -0.1) is 0 Å². The third-order valence-corrected chi connectivity index (χ3v) is 3.80. The average molecular weight is 370 g/mol. The number of carbonyl (C=O) groups is 3. The van der Waals surface area contributed by atoms with E-state index in [0.29, 0.717) is 0 Å². The number of carbonyl (C=O) groups excluding carboxylic acids is 3. The van der Waals surface area contributed by atoms with Crippen LogP contribution in [0.5, 0.6) is 0 Å². The van der Waals surface area contributed by atoms with Gasteiger partial charge in [0.25, 0.3) is 0 Å². The van der Waals surface area contributed by atoms with Crippen LogP contribution in [0, 0.1) is 0 Å². The van der Waals surface area contributed by atoms with Gasteiger partial charge in [0.1, 0.15) is 19.3 Å². The molecule has 0 bridgehead atoms. The van der Waals surface area contributed by atoms with Crippen molar-refractivity contribution in [2.45, 2.75) is 33.1 Å². The molecule has 0 fully saturated rings. The zero-order valence-corrected chi connectivity index (χ0v) is 15.3. The zero-order valence-electron chi connectivity index (χ0n) is 15.3. The summed E-state index contributed by atoms with van der Waals surface area (Å²) in [5.74, 6) is -0.310. The van der Waals surface area contributed by atoms with Crippen LogP contribution in [0.3, 0.4) is 0 Å². The number of amides is 2. The van der Waals surface area contributed by atoms with E-state index in [1.807, 2.05) is 36.4 Å². The van der Waals surface area contributed by atoms with Crippen LogP contribution in [0.15, 0.2) is 60.7 Å². The van der Waals surface area contributed by atoms with Crippen molar-refractivity contribution in [3.05, 3.63) is 71.8 Å². The van der Waals surface area contributed by atoms with Crippen molar-refractivity contribution in [3.8, 4) is 0 Å². The second-order valence-corrected chi connectivity index (χ2v) is 5.87. The van der Waals surface area contributed by atoms with Crippen molar-refractivity contribution in [2.75, 3.05) is 0 Å². The first kappa shape index (κ1) is 20.0. The molecule has 27 heavy (non-hydrogen) atoms. The molecule has 0 saturated heterocycles. The molecular weight excluding hydrogens is 348 g/mol. The van der Waals surface area contributed by atoms with Crippen LogP contribution >= 0.6 is 0 Å². The summed E-state index contributed by atoms with van der Waals surface area (Å²) < 4.78 is 10.3. The van der Waals surface area contributed by atoms with Gasteiger partial charge in [0, 0.05) is 0 Å². The predicted octanol–water partition coefficient (Wildman–Crippen LogP) is 3.44. The molecule has 142 valence electrons. The van der Waals surface area contributed by atoms with Gasteiger partial charge < -0.3 is 9.47 Å². The van der Waals surface area contributed by atoms with Crippen LogP contribution in [-0.2, 0) is 27.5 Å². The molecule has 7 heteroatoms. The van der Waals surface area contributed by atoms with E-state index in [-0.39, 0.29) is 19.0 Å². The first-order valence-corrected chi connectivity index (χ1v) is 8.45. The van der Waals surface area contributed by atoms with Gasteiger partial charge in [0.05, 0.1) is 0 Å². The zero-order chi connectivity index (χ0) is 19.6. The molecule has 0 radical (unpaired) electrons. The molecule has 2 aromatic carbocycles. The van der Waals surface area contributed by atoms with Crippen LogP contribution in [0.25, 0.3) is 0 Å². The molecule has 0 aliphatic rings. The number of nitrogens with zero attached hydrogens (tertiary/aromatic N) is 1. The fraction of sp³-hybridized carbons (Fsp3) is 0.250. The summed E-state index contributed by atoms with van der Waals surface area (Å²) >= 11 is 0. The molecule has 1 atom stereocenters. The van der Waals surface area contributed by atoms with Gasteiger partial charge in [-0.1, -0.05) is 60.7 Å². The van der Waals surface area contributed by atoms with E-state index in [4.69, 9.17) is 9.47 Å². The number of Topliss-reactive ketones (excluding diaryl/α,β-unsaturated/α-hetero) is 1. The smallest absolute Gasteiger partial charge is 0.429 e. The van der Waals surface area contributed by atoms with Crippen molar-refractivity contribution in [2.24, 2.45) is 0 Å². The van der Waals surface area contributed by atoms with Gasteiger partial charge in [0.2, 0.25) is 0 Å². The summed E-state index contributed by atoms with van der Waals surface area (Å²) in [5, 5.41) is 0.832. The molecule has 2 amide bonds. The number of hydrazine groups is 1. The standard InChI is InChI=1S/C20H22N2O5/c1-15(16(2)23)22(20(25)27-14-18-11-7-4-8-12-18)21-19(24)26-13-17-9-5-3-6-10-17/h3-12,15H,13-14H2,1-2H3,(H,21,24). The van der Waals surface area contributed by atoms with E-state index in [1.54, 1.807) is 24.3 Å². The minimum absolute atomic E-state index is 0.0154. The quantitative estimate of drug-likeness (QED) is 0.788. The molecule has 0 aliphatic carbocycles. The van der Waals surface area contributed by atoms with Crippen LogP contribution < -0.4 is 5.43 Å². The largest absolute Gasteiger partial charge is 0.443 e. The number of benzene rings is 2. The highest BCUT2D eigenvalue weighted by atomic mass is 16.6. The van der Waals surface area contributed by atoms with E-state index in [0.717, 1.165) is 16.1 Å². The Kier molecular flexibility index (Phi) is 7.37. The van der Waals surface area contributed by atoms with Crippen molar-refractivity contribution < 1.29 is 23.9 Å². The van der Waals surface area contributed by atoms with E-state index in [9.17, 15) is 14.4 Å². The Morgan fingerprint density at radius 3 is 1.85 bits per heavy atom. The first-order chi connectivity index (χ1) is 13.0. The Morgan fingerprint density at radius 1 is 0.889 bits per heavy atom. The number of ether oxygens (including phenoxy) is 2.